The maximum absolute atomic E-state index is 2.56. The lowest BCUT2D eigenvalue weighted by atomic mass is 10.1. The number of nitrogens with zero attached hydrogens (tertiary/aromatic N) is 1. The van der Waals surface area contributed by atoms with E-state index in [9.17, 15) is 0 Å². The summed E-state index contributed by atoms with van der Waals surface area (Å²) in [6.07, 6.45) is 0. The first-order chi connectivity index (χ1) is 10.6. The lowest BCUT2D eigenvalue weighted by Gasteiger charge is -2.35. The zero-order chi connectivity index (χ0) is 15.5. The standard InChI is InChI=1S/C20H26N2/c1-16-8-6-10-20(18(16)3)22-13-11-21(12-14-22)15-19-9-5-4-7-17(19)2/h4-10H,11-15H2,1-3H3/p+1. The van der Waals surface area contributed by atoms with Gasteiger partial charge in [-0.15, -0.1) is 0 Å². The van der Waals surface area contributed by atoms with Crippen LogP contribution in [-0.4, -0.2) is 26.2 Å². The fourth-order valence-electron chi connectivity index (χ4n) is 3.40. The largest absolute Gasteiger partial charge is 0.360 e. The van der Waals surface area contributed by atoms with Crippen LogP contribution in [0, 0.1) is 20.8 Å². The monoisotopic (exact) mass is 295 g/mol. The summed E-state index contributed by atoms with van der Waals surface area (Å²) in [5.41, 5.74) is 7.18. The number of rotatable bonds is 3. The summed E-state index contributed by atoms with van der Waals surface area (Å²) in [6.45, 7) is 12.6. The molecule has 0 aliphatic carbocycles. The predicted molar refractivity (Wildman–Crippen MR) is 93.7 cm³/mol. The average Bonchev–Trinajstić information content (AvgIpc) is 2.53. The lowest BCUT2D eigenvalue weighted by Crippen LogP contribution is -3.13. The van der Waals surface area contributed by atoms with Gasteiger partial charge in [-0.2, -0.15) is 0 Å². The van der Waals surface area contributed by atoms with Crippen molar-refractivity contribution < 1.29 is 4.90 Å². The van der Waals surface area contributed by atoms with E-state index in [0.29, 0.717) is 0 Å². The predicted octanol–water partition coefficient (Wildman–Crippen LogP) is 2.52. The van der Waals surface area contributed by atoms with Crippen LogP contribution in [-0.2, 0) is 6.54 Å². The van der Waals surface area contributed by atoms with Gasteiger partial charge < -0.3 is 9.80 Å². The number of hydrogen-bond acceptors (Lipinski definition) is 1. The number of nitrogens with one attached hydrogen (secondary N) is 1. The Morgan fingerprint density at radius 2 is 1.55 bits per heavy atom. The highest BCUT2D eigenvalue weighted by molar-refractivity contribution is 5.56. The van der Waals surface area contributed by atoms with Crippen molar-refractivity contribution in [2.75, 3.05) is 31.1 Å². The molecule has 1 saturated heterocycles. The third-order valence-electron chi connectivity index (χ3n) is 5.09. The molecular formula is C20H27N2+. The van der Waals surface area contributed by atoms with E-state index in [2.05, 4.69) is 68.1 Å². The van der Waals surface area contributed by atoms with Crippen LogP contribution < -0.4 is 9.80 Å². The summed E-state index contributed by atoms with van der Waals surface area (Å²) in [6, 6.07) is 15.5. The normalized spacial score (nSPS) is 16.0. The van der Waals surface area contributed by atoms with Gasteiger partial charge in [-0.05, 0) is 43.5 Å². The number of piperazine rings is 1. The topological polar surface area (TPSA) is 7.68 Å². The Labute approximate surface area is 134 Å². The van der Waals surface area contributed by atoms with Crippen molar-refractivity contribution in [2.45, 2.75) is 27.3 Å². The highest BCUT2D eigenvalue weighted by Crippen LogP contribution is 2.22. The van der Waals surface area contributed by atoms with E-state index in [1.54, 1.807) is 4.90 Å². The molecule has 116 valence electrons. The maximum atomic E-state index is 2.56. The Hall–Kier alpha value is -1.80. The molecule has 2 aromatic carbocycles. The van der Waals surface area contributed by atoms with Crippen LogP contribution >= 0.6 is 0 Å². The lowest BCUT2D eigenvalue weighted by molar-refractivity contribution is -0.914. The van der Waals surface area contributed by atoms with Crippen molar-refractivity contribution in [3.8, 4) is 0 Å². The first-order valence-corrected chi connectivity index (χ1v) is 8.34. The van der Waals surface area contributed by atoms with Gasteiger partial charge in [0.2, 0.25) is 0 Å². The highest BCUT2D eigenvalue weighted by Gasteiger charge is 2.21. The summed E-state index contributed by atoms with van der Waals surface area (Å²) in [7, 11) is 0. The molecule has 0 unspecified atom stereocenters. The molecule has 2 heteroatoms. The number of benzene rings is 2. The van der Waals surface area contributed by atoms with Crippen LogP contribution in [0.2, 0.25) is 0 Å². The Morgan fingerprint density at radius 3 is 2.27 bits per heavy atom. The van der Waals surface area contributed by atoms with Gasteiger partial charge in [0.05, 0.1) is 26.2 Å². The highest BCUT2D eigenvalue weighted by atomic mass is 15.3. The summed E-state index contributed by atoms with van der Waals surface area (Å²) < 4.78 is 0. The molecule has 0 aromatic heterocycles. The van der Waals surface area contributed by atoms with Gasteiger partial charge in [0.15, 0.2) is 0 Å². The smallest absolute Gasteiger partial charge is 0.103 e. The second-order valence-corrected chi connectivity index (χ2v) is 6.56. The van der Waals surface area contributed by atoms with Crippen molar-refractivity contribution in [1.29, 1.82) is 0 Å². The van der Waals surface area contributed by atoms with Crippen LogP contribution in [0.25, 0.3) is 0 Å². The molecule has 1 aliphatic rings. The summed E-state index contributed by atoms with van der Waals surface area (Å²) in [5.74, 6) is 0. The average molecular weight is 295 g/mol. The molecule has 0 radical (unpaired) electrons. The minimum atomic E-state index is 1.16. The Kier molecular flexibility index (Phi) is 4.49. The molecule has 0 amide bonds. The summed E-state index contributed by atoms with van der Waals surface area (Å²) in [5, 5.41) is 0. The summed E-state index contributed by atoms with van der Waals surface area (Å²) in [4.78, 5) is 4.26. The van der Waals surface area contributed by atoms with E-state index < -0.39 is 0 Å². The van der Waals surface area contributed by atoms with Gasteiger partial charge in [-0.25, -0.2) is 0 Å². The fourth-order valence-corrected chi connectivity index (χ4v) is 3.40. The minimum absolute atomic E-state index is 1.16. The zero-order valence-electron chi connectivity index (χ0n) is 14.0. The maximum Gasteiger partial charge on any atom is 0.103 e. The van der Waals surface area contributed by atoms with Crippen molar-refractivity contribution >= 4 is 5.69 Å². The molecular weight excluding hydrogens is 268 g/mol. The van der Waals surface area contributed by atoms with Gasteiger partial charge in [-0.3, -0.25) is 0 Å². The SMILES string of the molecule is Cc1ccccc1C[NH+]1CCN(c2cccc(C)c2C)CC1. The molecule has 2 aromatic rings. The van der Waals surface area contributed by atoms with E-state index >= 15 is 0 Å². The van der Waals surface area contributed by atoms with E-state index in [0.717, 1.165) is 19.6 Å². The number of hydrogen-bond donors (Lipinski definition) is 1. The number of aryl methyl sites for hydroxylation is 2. The molecule has 2 nitrogen and oxygen atoms in total. The van der Waals surface area contributed by atoms with Crippen LogP contribution in [0.4, 0.5) is 5.69 Å². The van der Waals surface area contributed by atoms with Gasteiger partial charge >= 0.3 is 0 Å². The number of anilines is 1. The van der Waals surface area contributed by atoms with Crippen LogP contribution in [0.5, 0.6) is 0 Å². The Bertz CT molecular complexity index is 640. The first kappa shape index (κ1) is 15.1. The second kappa shape index (κ2) is 6.53. The molecule has 22 heavy (non-hydrogen) atoms. The van der Waals surface area contributed by atoms with E-state index in [1.165, 1.54) is 41.0 Å². The van der Waals surface area contributed by atoms with E-state index in [-0.39, 0.29) is 0 Å². The van der Waals surface area contributed by atoms with E-state index in [4.69, 9.17) is 0 Å². The van der Waals surface area contributed by atoms with Crippen LogP contribution in [0.3, 0.4) is 0 Å². The van der Waals surface area contributed by atoms with Gasteiger partial charge in [0.25, 0.3) is 0 Å². The van der Waals surface area contributed by atoms with Crippen LogP contribution in [0.1, 0.15) is 22.3 Å². The number of quaternary nitrogens is 1. The van der Waals surface area contributed by atoms with Gasteiger partial charge in [-0.1, -0.05) is 36.4 Å². The quantitative estimate of drug-likeness (QED) is 0.914. The minimum Gasteiger partial charge on any atom is -0.360 e. The van der Waals surface area contributed by atoms with Gasteiger partial charge in [0.1, 0.15) is 6.54 Å². The van der Waals surface area contributed by atoms with Crippen molar-refractivity contribution in [1.82, 2.24) is 0 Å². The summed E-state index contributed by atoms with van der Waals surface area (Å²) >= 11 is 0. The molecule has 0 saturated carbocycles. The Balaban J connectivity index is 1.63. The molecule has 1 heterocycles. The fraction of sp³-hybridized carbons (Fsp3) is 0.400. The molecule has 0 spiro atoms. The van der Waals surface area contributed by atoms with Crippen molar-refractivity contribution in [2.24, 2.45) is 0 Å². The Morgan fingerprint density at radius 1 is 0.864 bits per heavy atom. The molecule has 0 bridgehead atoms. The molecule has 3 rings (SSSR count). The van der Waals surface area contributed by atoms with Gasteiger partial charge in [0, 0.05) is 11.3 Å². The molecule has 0 atom stereocenters. The first-order valence-electron chi connectivity index (χ1n) is 8.34. The third kappa shape index (κ3) is 3.17. The van der Waals surface area contributed by atoms with Crippen LogP contribution in [0.15, 0.2) is 42.5 Å². The van der Waals surface area contributed by atoms with Crippen molar-refractivity contribution in [3.05, 3.63) is 64.7 Å². The second-order valence-electron chi connectivity index (χ2n) is 6.56. The zero-order valence-corrected chi connectivity index (χ0v) is 14.0. The van der Waals surface area contributed by atoms with E-state index in [1.807, 2.05) is 0 Å². The molecule has 1 N–H and O–H groups in total. The van der Waals surface area contributed by atoms with Crippen molar-refractivity contribution in [3.63, 3.8) is 0 Å². The third-order valence-corrected chi connectivity index (χ3v) is 5.09. The molecule has 1 aliphatic heterocycles. The molecule has 1 fully saturated rings.